The molecule has 0 bridgehead atoms. The summed E-state index contributed by atoms with van der Waals surface area (Å²) in [5.74, 6) is 0. The topological polar surface area (TPSA) is 46.2 Å². The van der Waals surface area contributed by atoms with Gasteiger partial charge in [0.15, 0.2) is 0 Å². The fraction of sp³-hybridized carbons (Fsp3) is 0.211. The molecule has 23 heavy (non-hydrogen) atoms. The van der Waals surface area contributed by atoms with Gasteiger partial charge in [0.2, 0.25) is 10.0 Å². The van der Waals surface area contributed by atoms with Gasteiger partial charge < -0.3 is 0 Å². The van der Waals surface area contributed by atoms with E-state index in [1.165, 1.54) is 0 Å². The smallest absolute Gasteiger partial charge is 0.211 e. The quantitative estimate of drug-likeness (QED) is 0.619. The first-order valence-corrected chi connectivity index (χ1v) is 9.08. The maximum absolute atomic E-state index is 12.1. The summed E-state index contributed by atoms with van der Waals surface area (Å²) in [4.78, 5) is 0.308. The van der Waals surface area contributed by atoms with Crippen molar-refractivity contribution < 1.29 is 8.42 Å². The number of aryl methyl sites for hydroxylation is 1. The average Bonchev–Trinajstić information content (AvgIpc) is 2.55. The maximum Gasteiger partial charge on any atom is 0.240 e. The Morgan fingerprint density at radius 2 is 1.74 bits per heavy atom. The van der Waals surface area contributed by atoms with Crippen LogP contribution in [-0.4, -0.2) is 15.0 Å². The molecule has 0 aliphatic carbocycles. The molecule has 2 rings (SSSR count). The van der Waals surface area contributed by atoms with E-state index >= 15 is 0 Å². The van der Waals surface area contributed by atoms with Crippen LogP contribution in [0, 0.1) is 6.92 Å². The van der Waals surface area contributed by atoms with Crippen LogP contribution in [0.1, 0.15) is 24.0 Å². The number of hydrogen-bond acceptors (Lipinski definition) is 2. The van der Waals surface area contributed by atoms with Gasteiger partial charge in [-0.2, -0.15) is 0 Å². The first-order chi connectivity index (χ1) is 11.1. The number of unbranched alkanes of at least 4 members (excludes halogenated alkanes) is 1. The maximum atomic E-state index is 12.1. The molecule has 3 nitrogen and oxygen atoms in total. The first kappa shape index (κ1) is 17.2. The molecule has 0 saturated carbocycles. The molecule has 4 heteroatoms. The minimum atomic E-state index is -3.40. The Hall–Kier alpha value is -2.13. The number of allylic oxidation sites excluding steroid dienone is 1. The van der Waals surface area contributed by atoms with Crippen molar-refractivity contribution in [2.24, 2.45) is 0 Å². The predicted molar refractivity (Wildman–Crippen MR) is 94.6 cm³/mol. The van der Waals surface area contributed by atoms with Crippen LogP contribution in [0.5, 0.6) is 0 Å². The Morgan fingerprint density at radius 3 is 2.43 bits per heavy atom. The van der Waals surface area contributed by atoms with Crippen LogP contribution in [0.25, 0.3) is 6.08 Å². The van der Waals surface area contributed by atoms with Crippen molar-refractivity contribution in [1.29, 1.82) is 0 Å². The third-order valence-electron chi connectivity index (χ3n) is 3.32. The van der Waals surface area contributed by atoms with Gasteiger partial charge in [0.1, 0.15) is 0 Å². The van der Waals surface area contributed by atoms with Crippen LogP contribution < -0.4 is 4.72 Å². The second-order valence-corrected chi connectivity index (χ2v) is 7.05. The van der Waals surface area contributed by atoms with E-state index < -0.39 is 10.0 Å². The molecule has 0 radical (unpaired) electrons. The van der Waals surface area contributed by atoms with Crippen molar-refractivity contribution in [3.05, 3.63) is 77.5 Å². The molecular formula is C19H21NO2S. The lowest BCUT2D eigenvalue weighted by molar-refractivity contribution is 0.579. The Labute approximate surface area is 138 Å². The van der Waals surface area contributed by atoms with Gasteiger partial charge in [-0.15, -0.1) is 5.73 Å². The van der Waals surface area contributed by atoms with Crippen molar-refractivity contribution in [3.63, 3.8) is 0 Å². The Bertz CT molecular complexity index is 772. The van der Waals surface area contributed by atoms with Crippen LogP contribution >= 0.6 is 0 Å². The molecule has 0 amide bonds. The molecule has 0 aliphatic rings. The molecule has 0 aromatic heterocycles. The Morgan fingerprint density at radius 1 is 1.04 bits per heavy atom. The molecule has 0 unspecified atom stereocenters. The van der Waals surface area contributed by atoms with E-state index in [1.807, 2.05) is 49.4 Å². The molecule has 120 valence electrons. The summed E-state index contributed by atoms with van der Waals surface area (Å²) >= 11 is 0. The lowest BCUT2D eigenvalue weighted by Crippen LogP contribution is -2.24. The van der Waals surface area contributed by atoms with E-state index in [0.717, 1.165) is 24.0 Å². The summed E-state index contributed by atoms with van der Waals surface area (Å²) in [6.45, 7) is 2.35. The number of sulfonamides is 1. The SMILES string of the molecule is Cc1ccc(S(=O)(=O)NCCCC=C=Cc2ccccc2)cc1. The van der Waals surface area contributed by atoms with E-state index in [9.17, 15) is 8.42 Å². The molecule has 2 aromatic rings. The van der Waals surface area contributed by atoms with Gasteiger partial charge in [-0.1, -0.05) is 48.0 Å². The highest BCUT2D eigenvalue weighted by molar-refractivity contribution is 7.89. The molecule has 0 atom stereocenters. The van der Waals surface area contributed by atoms with Gasteiger partial charge in [-0.05, 0) is 49.6 Å². The number of rotatable bonds is 7. The summed E-state index contributed by atoms with van der Waals surface area (Å²) in [5, 5.41) is 0. The standard InChI is InChI=1S/C19H21NO2S/c1-17-12-14-19(15-13-17)23(21,22)20-16-8-3-2-5-9-18-10-6-4-7-11-18/h2,4,6-7,9-15,20H,3,8,16H2,1H3. The van der Waals surface area contributed by atoms with Crippen LogP contribution in [-0.2, 0) is 10.0 Å². The molecule has 0 spiro atoms. The third-order valence-corrected chi connectivity index (χ3v) is 4.79. The van der Waals surface area contributed by atoms with E-state index in [0.29, 0.717) is 11.4 Å². The monoisotopic (exact) mass is 327 g/mol. The van der Waals surface area contributed by atoms with Gasteiger partial charge in [0, 0.05) is 6.54 Å². The highest BCUT2D eigenvalue weighted by Gasteiger charge is 2.11. The number of hydrogen-bond donors (Lipinski definition) is 1. The molecule has 2 aromatic carbocycles. The Balaban J connectivity index is 1.77. The van der Waals surface area contributed by atoms with Crippen LogP contribution in [0.15, 0.2) is 71.3 Å². The number of nitrogens with one attached hydrogen (secondary N) is 1. The zero-order valence-corrected chi connectivity index (χ0v) is 14.0. The summed E-state index contributed by atoms with van der Waals surface area (Å²) in [5.41, 5.74) is 5.25. The predicted octanol–water partition coefficient (Wildman–Crippen LogP) is 3.92. The van der Waals surface area contributed by atoms with Crippen molar-refractivity contribution in [3.8, 4) is 0 Å². The lowest BCUT2D eigenvalue weighted by atomic mass is 10.2. The largest absolute Gasteiger partial charge is 0.240 e. The van der Waals surface area contributed by atoms with E-state index in [2.05, 4.69) is 10.5 Å². The highest BCUT2D eigenvalue weighted by Crippen LogP contribution is 2.09. The van der Waals surface area contributed by atoms with Crippen molar-refractivity contribution >= 4 is 16.1 Å². The van der Waals surface area contributed by atoms with Crippen molar-refractivity contribution in [2.45, 2.75) is 24.7 Å². The fourth-order valence-corrected chi connectivity index (χ4v) is 3.07. The van der Waals surface area contributed by atoms with Crippen molar-refractivity contribution in [2.75, 3.05) is 6.54 Å². The van der Waals surface area contributed by atoms with Gasteiger partial charge in [-0.3, -0.25) is 0 Å². The zero-order chi connectivity index (χ0) is 16.5. The summed E-state index contributed by atoms with van der Waals surface area (Å²) in [7, 11) is -3.40. The van der Waals surface area contributed by atoms with Gasteiger partial charge in [0.25, 0.3) is 0 Å². The average molecular weight is 327 g/mol. The van der Waals surface area contributed by atoms with Gasteiger partial charge in [-0.25, -0.2) is 13.1 Å². The molecule has 0 fully saturated rings. The zero-order valence-electron chi connectivity index (χ0n) is 13.2. The normalized spacial score (nSPS) is 10.8. The van der Waals surface area contributed by atoms with E-state index in [4.69, 9.17) is 0 Å². The number of benzene rings is 2. The summed E-state index contributed by atoms with van der Waals surface area (Å²) in [6.07, 6.45) is 5.35. The highest BCUT2D eigenvalue weighted by atomic mass is 32.2. The van der Waals surface area contributed by atoms with Gasteiger partial charge >= 0.3 is 0 Å². The summed E-state index contributed by atoms with van der Waals surface area (Å²) < 4.78 is 26.8. The molecule has 1 N–H and O–H groups in total. The van der Waals surface area contributed by atoms with Crippen LogP contribution in [0.2, 0.25) is 0 Å². The molecule has 0 aliphatic heterocycles. The van der Waals surface area contributed by atoms with E-state index in [-0.39, 0.29) is 0 Å². The second-order valence-electron chi connectivity index (χ2n) is 5.28. The summed E-state index contributed by atoms with van der Waals surface area (Å²) in [6, 6.07) is 16.8. The minimum Gasteiger partial charge on any atom is -0.211 e. The Kier molecular flexibility index (Phi) is 6.36. The van der Waals surface area contributed by atoms with E-state index in [1.54, 1.807) is 24.3 Å². The first-order valence-electron chi connectivity index (χ1n) is 7.60. The molecule has 0 saturated heterocycles. The fourth-order valence-electron chi connectivity index (χ4n) is 2.00. The molecular weight excluding hydrogens is 306 g/mol. The third kappa shape index (κ3) is 5.87. The second kappa shape index (κ2) is 8.49. The van der Waals surface area contributed by atoms with Crippen LogP contribution in [0.3, 0.4) is 0 Å². The van der Waals surface area contributed by atoms with Crippen molar-refractivity contribution in [1.82, 2.24) is 4.72 Å². The minimum absolute atomic E-state index is 0.308. The van der Waals surface area contributed by atoms with Crippen LogP contribution in [0.4, 0.5) is 0 Å². The lowest BCUT2D eigenvalue weighted by Gasteiger charge is -2.06. The van der Waals surface area contributed by atoms with Gasteiger partial charge in [0.05, 0.1) is 4.90 Å². The molecule has 0 heterocycles.